The molecule has 0 aliphatic heterocycles. The number of ether oxygens (including phenoxy) is 1. The monoisotopic (exact) mass is 261 g/mol. The average Bonchev–Trinajstić information content (AvgIpc) is 2.36. The van der Waals surface area contributed by atoms with E-state index in [1.807, 2.05) is 0 Å². The molecule has 0 atom stereocenters. The molecule has 1 rings (SSSR count). The lowest BCUT2D eigenvalue weighted by Crippen LogP contribution is -1.99. The molecule has 0 heterocycles. The van der Waals surface area contributed by atoms with E-state index in [2.05, 4.69) is 11.8 Å². The number of aliphatic carboxylic acids is 1. The van der Waals surface area contributed by atoms with E-state index in [0.29, 0.717) is 5.56 Å². The van der Waals surface area contributed by atoms with Gasteiger partial charge in [0.1, 0.15) is 6.61 Å². The lowest BCUT2D eigenvalue weighted by Gasteiger charge is -2.04. The van der Waals surface area contributed by atoms with Crippen LogP contribution in [0, 0.1) is 22.0 Å². The van der Waals surface area contributed by atoms with Gasteiger partial charge in [-0.1, -0.05) is 5.92 Å². The highest BCUT2D eigenvalue weighted by Crippen LogP contribution is 2.28. The van der Waals surface area contributed by atoms with Gasteiger partial charge in [0.2, 0.25) is 0 Å². The van der Waals surface area contributed by atoms with Crippen LogP contribution in [0.25, 0.3) is 6.08 Å². The summed E-state index contributed by atoms with van der Waals surface area (Å²) in [6.07, 6.45) is 2.27. The molecule has 0 unspecified atom stereocenters. The first kappa shape index (κ1) is 14.3. The first-order valence-electron chi connectivity index (χ1n) is 5.26. The smallest absolute Gasteiger partial charge is 0.328 e. The second-order valence-electron chi connectivity index (χ2n) is 3.37. The Kier molecular flexibility index (Phi) is 5.11. The Hall–Kier alpha value is -2.81. The summed E-state index contributed by atoms with van der Waals surface area (Å²) in [5.41, 5.74) is 0.304. The van der Waals surface area contributed by atoms with Crippen molar-refractivity contribution in [2.75, 3.05) is 6.61 Å². The fourth-order valence-electron chi connectivity index (χ4n) is 1.25. The van der Waals surface area contributed by atoms with E-state index in [-0.39, 0.29) is 18.0 Å². The van der Waals surface area contributed by atoms with Crippen LogP contribution >= 0.6 is 0 Å². The summed E-state index contributed by atoms with van der Waals surface area (Å²) >= 11 is 0. The second kappa shape index (κ2) is 6.81. The van der Waals surface area contributed by atoms with Gasteiger partial charge in [0.05, 0.1) is 4.92 Å². The Morgan fingerprint density at radius 2 is 2.32 bits per heavy atom. The molecule has 0 aliphatic rings. The van der Waals surface area contributed by atoms with Gasteiger partial charge in [-0.3, -0.25) is 10.1 Å². The number of nitro benzene ring substituents is 1. The molecule has 0 fully saturated rings. The van der Waals surface area contributed by atoms with Crippen molar-refractivity contribution in [2.24, 2.45) is 0 Å². The summed E-state index contributed by atoms with van der Waals surface area (Å²) in [7, 11) is 0. The van der Waals surface area contributed by atoms with Gasteiger partial charge in [-0.25, -0.2) is 4.79 Å². The topological polar surface area (TPSA) is 89.7 Å². The highest BCUT2D eigenvalue weighted by Gasteiger charge is 2.14. The van der Waals surface area contributed by atoms with Gasteiger partial charge in [0.25, 0.3) is 0 Å². The van der Waals surface area contributed by atoms with Gasteiger partial charge in [-0.15, -0.1) is 5.92 Å². The van der Waals surface area contributed by atoms with Crippen molar-refractivity contribution >= 4 is 17.7 Å². The first-order valence-corrected chi connectivity index (χ1v) is 5.26. The molecule has 0 aliphatic carbocycles. The van der Waals surface area contributed by atoms with Gasteiger partial charge in [0, 0.05) is 12.1 Å². The molecule has 6 heteroatoms. The zero-order valence-electron chi connectivity index (χ0n) is 10.1. The summed E-state index contributed by atoms with van der Waals surface area (Å²) in [5.74, 6) is 4.19. The number of carboxylic acids is 1. The van der Waals surface area contributed by atoms with Crippen LogP contribution < -0.4 is 4.74 Å². The minimum Gasteiger partial charge on any atom is -0.478 e. The summed E-state index contributed by atoms with van der Waals surface area (Å²) in [4.78, 5) is 20.6. The van der Waals surface area contributed by atoms with Gasteiger partial charge in [-0.05, 0) is 30.7 Å². The molecule has 0 aromatic heterocycles. The molecule has 0 saturated heterocycles. The van der Waals surface area contributed by atoms with Crippen LogP contribution in [0.2, 0.25) is 0 Å². The lowest BCUT2D eigenvalue weighted by molar-refractivity contribution is -0.385. The predicted octanol–water partition coefficient (Wildman–Crippen LogP) is 2.09. The number of carbonyl (C=O) groups is 1. The average molecular weight is 261 g/mol. The van der Waals surface area contributed by atoms with Crippen LogP contribution in [-0.2, 0) is 4.79 Å². The van der Waals surface area contributed by atoms with Gasteiger partial charge in [0.15, 0.2) is 5.75 Å². The Bertz CT molecular complexity index is 580. The molecule has 0 radical (unpaired) electrons. The summed E-state index contributed by atoms with van der Waals surface area (Å²) in [6, 6.07) is 4.10. The van der Waals surface area contributed by atoms with E-state index in [1.165, 1.54) is 24.3 Å². The van der Waals surface area contributed by atoms with E-state index in [1.54, 1.807) is 6.92 Å². The van der Waals surface area contributed by atoms with Crippen LogP contribution in [0.3, 0.4) is 0 Å². The lowest BCUT2D eigenvalue weighted by atomic mass is 10.2. The number of nitrogens with zero attached hydrogens (tertiary/aromatic N) is 1. The fourth-order valence-corrected chi connectivity index (χ4v) is 1.25. The number of rotatable bonds is 5. The number of benzene rings is 1. The van der Waals surface area contributed by atoms with Crippen LogP contribution in [-0.4, -0.2) is 22.6 Å². The second-order valence-corrected chi connectivity index (χ2v) is 3.37. The van der Waals surface area contributed by atoms with E-state index in [9.17, 15) is 14.9 Å². The molecule has 0 spiro atoms. The van der Waals surface area contributed by atoms with E-state index in [4.69, 9.17) is 9.84 Å². The third-order valence-corrected chi connectivity index (χ3v) is 2.08. The normalized spacial score (nSPS) is 9.74. The van der Waals surface area contributed by atoms with Gasteiger partial charge in [-0.2, -0.15) is 0 Å². The van der Waals surface area contributed by atoms with E-state index >= 15 is 0 Å². The molecular formula is C13H11NO5. The molecule has 1 aromatic carbocycles. The third-order valence-electron chi connectivity index (χ3n) is 2.08. The van der Waals surface area contributed by atoms with Crippen LogP contribution in [0.15, 0.2) is 24.3 Å². The Morgan fingerprint density at radius 3 is 2.89 bits per heavy atom. The number of hydrogen-bond acceptors (Lipinski definition) is 4. The minimum atomic E-state index is -1.10. The van der Waals surface area contributed by atoms with Crippen molar-refractivity contribution in [2.45, 2.75) is 6.92 Å². The van der Waals surface area contributed by atoms with Crippen LogP contribution in [0.5, 0.6) is 5.75 Å². The molecule has 6 nitrogen and oxygen atoms in total. The highest BCUT2D eigenvalue weighted by atomic mass is 16.6. The van der Waals surface area contributed by atoms with Crippen molar-refractivity contribution in [3.63, 3.8) is 0 Å². The number of carboxylic acid groups (broad SMARTS) is 1. The molecule has 98 valence electrons. The minimum absolute atomic E-state index is 0.0312. The van der Waals surface area contributed by atoms with Crippen molar-refractivity contribution in [1.29, 1.82) is 0 Å². The van der Waals surface area contributed by atoms with E-state index in [0.717, 1.165) is 6.08 Å². The highest BCUT2D eigenvalue weighted by molar-refractivity contribution is 5.85. The predicted molar refractivity (Wildman–Crippen MR) is 68.7 cm³/mol. The largest absolute Gasteiger partial charge is 0.478 e. The summed E-state index contributed by atoms with van der Waals surface area (Å²) in [5, 5.41) is 19.3. The van der Waals surface area contributed by atoms with Gasteiger partial charge < -0.3 is 9.84 Å². The summed E-state index contributed by atoms with van der Waals surface area (Å²) in [6.45, 7) is 1.66. The first-order chi connectivity index (χ1) is 9.04. The zero-order valence-corrected chi connectivity index (χ0v) is 10.1. The SMILES string of the molecule is CC#CCOc1cc(C=CC(=O)O)ccc1[N+](=O)[O-]. The van der Waals surface area contributed by atoms with Gasteiger partial charge >= 0.3 is 11.7 Å². The number of hydrogen-bond donors (Lipinski definition) is 1. The van der Waals surface area contributed by atoms with Crippen LogP contribution in [0.1, 0.15) is 12.5 Å². The third kappa shape index (κ3) is 4.52. The number of nitro groups is 1. The molecule has 19 heavy (non-hydrogen) atoms. The quantitative estimate of drug-likeness (QED) is 0.379. The van der Waals surface area contributed by atoms with Crippen LogP contribution in [0.4, 0.5) is 5.69 Å². The fraction of sp³-hybridized carbons (Fsp3) is 0.154. The van der Waals surface area contributed by atoms with Crippen molar-refractivity contribution in [3.8, 4) is 17.6 Å². The molecule has 1 N–H and O–H groups in total. The molecule has 0 bridgehead atoms. The molecule has 1 aromatic rings. The zero-order chi connectivity index (χ0) is 14.3. The molecular weight excluding hydrogens is 250 g/mol. The Labute approximate surface area is 109 Å². The van der Waals surface area contributed by atoms with Crippen molar-refractivity contribution < 1.29 is 19.6 Å². The maximum atomic E-state index is 10.8. The Balaban J connectivity index is 3.05. The standard InChI is InChI=1S/C13H11NO5/c1-2-3-8-19-12-9-10(5-7-13(15)16)4-6-11(12)14(17)18/h4-7,9H,8H2,1H3,(H,15,16). The van der Waals surface area contributed by atoms with Crippen molar-refractivity contribution in [3.05, 3.63) is 40.0 Å². The molecule has 0 saturated carbocycles. The molecule has 0 amide bonds. The Morgan fingerprint density at radius 1 is 1.58 bits per heavy atom. The van der Waals surface area contributed by atoms with Crippen molar-refractivity contribution in [1.82, 2.24) is 0 Å². The van der Waals surface area contributed by atoms with E-state index < -0.39 is 10.9 Å². The summed E-state index contributed by atoms with van der Waals surface area (Å²) < 4.78 is 5.19. The maximum absolute atomic E-state index is 10.8. The maximum Gasteiger partial charge on any atom is 0.328 e.